The second-order valence-electron chi connectivity index (χ2n) is 8.94. The van der Waals surface area contributed by atoms with Crippen LogP contribution in [0.25, 0.3) is 80.2 Å². The Morgan fingerprint density at radius 1 is 0.576 bits per heavy atom. The Morgan fingerprint density at radius 2 is 1.42 bits per heavy atom. The van der Waals surface area contributed by atoms with Gasteiger partial charge in [0.15, 0.2) is 0 Å². The Hall–Kier alpha value is -4.08. The molecular formula is C30H15NOS. The molecule has 0 bridgehead atoms. The van der Waals surface area contributed by atoms with Crippen molar-refractivity contribution in [3.63, 3.8) is 0 Å². The molecule has 0 fully saturated rings. The molecule has 4 aromatic heterocycles. The van der Waals surface area contributed by atoms with Gasteiger partial charge in [0.1, 0.15) is 11.2 Å². The molecule has 9 aromatic rings. The van der Waals surface area contributed by atoms with E-state index < -0.39 is 0 Å². The smallest absolute Gasteiger partial charge is 0.136 e. The molecule has 0 saturated heterocycles. The first-order chi connectivity index (χ1) is 16.4. The lowest BCUT2D eigenvalue weighted by molar-refractivity contribution is 0.669. The van der Waals surface area contributed by atoms with Crippen LogP contribution in [0, 0.1) is 0 Å². The van der Waals surface area contributed by atoms with Crippen molar-refractivity contribution in [2.24, 2.45) is 0 Å². The summed E-state index contributed by atoms with van der Waals surface area (Å²) in [6, 6.07) is 33.0. The number of hydrogen-bond donors (Lipinski definition) is 0. The normalized spacial score (nSPS) is 12.8. The monoisotopic (exact) mass is 437 g/mol. The molecule has 0 radical (unpaired) electrons. The van der Waals surface area contributed by atoms with E-state index in [0.717, 1.165) is 11.2 Å². The predicted molar refractivity (Wildman–Crippen MR) is 141 cm³/mol. The van der Waals surface area contributed by atoms with Crippen molar-refractivity contribution in [3.8, 4) is 0 Å². The summed E-state index contributed by atoms with van der Waals surface area (Å²) in [6.07, 6.45) is 0. The Labute approximate surface area is 191 Å². The predicted octanol–water partition coefficient (Wildman–Crippen LogP) is 9.10. The molecule has 0 saturated carbocycles. The molecule has 0 aliphatic carbocycles. The van der Waals surface area contributed by atoms with Crippen molar-refractivity contribution >= 4 is 91.5 Å². The number of fused-ring (bicyclic) bond motifs is 9. The number of para-hydroxylation sites is 2. The number of nitrogens with zero attached hydrogens (tertiary/aromatic N) is 1. The third kappa shape index (κ3) is 1.84. The molecule has 2 nitrogen and oxygen atoms in total. The maximum atomic E-state index is 6.32. The molecular weight excluding hydrogens is 422 g/mol. The van der Waals surface area contributed by atoms with E-state index in [-0.39, 0.29) is 0 Å². The average Bonchev–Trinajstić information content (AvgIpc) is 3.48. The van der Waals surface area contributed by atoms with Gasteiger partial charge >= 0.3 is 0 Å². The van der Waals surface area contributed by atoms with Crippen molar-refractivity contribution in [1.29, 1.82) is 0 Å². The van der Waals surface area contributed by atoms with Gasteiger partial charge in [0.2, 0.25) is 0 Å². The fourth-order valence-corrected chi connectivity index (χ4v) is 7.19. The first-order valence-electron chi connectivity index (χ1n) is 11.2. The molecule has 0 aliphatic rings. The van der Waals surface area contributed by atoms with Gasteiger partial charge in [-0.2, -0.15) is 0 Å². The summed E-state index contributed by atoms with van der Waals surface area (Å²) >= 11 is 1.91. The lowest BCUT2D eigenvalue weighted by Crippen LogP contribution is -1.84. The molecule has 0 aliphatic heterocycles. The van der Waals surface area contributed by atoms with Crippen molar-refractivity contribution in [2.45, 2.75) is 0 Å². The van der Waals surface area contributed by atoms with Gasteiger partial charge in [-0.25, -0.2) is 0 Å². The van der Waals surface area contributed by atoms with Crippen LogP contribution in [0.1, 0.15) is 0 Å². The van der Waals surface area contributed by atoms with Crippen LogP contribution < -0.4 is 0 Å². The fraction of sp³-hybridized carbons (Fsp3) is 0. The van der Waals surface area contributed by atoms with E-state index in [1.165, 1.54) is 69.0 Å². The van der Waals surface area contributed by atoms with E-state index in [2.05, 4.69) is 89.3 Å². The molecule has 0 atom stereocenters. The second-order valence-corrected chi connectivity index (χ2v) is 9.99. The molecule has 0 N–H and O–H groups in total. The lowest BCUT2D eigenvalue weighted by atomic mass is 10.00. The standard InChI is InChI=1S/C30H15NOS/c1-3-10-22-19(8-1)30-29-28-26(33-30)13-12-16-6-5-9-18(27(16)28)20-15-25-21(14-23(20)31(22)29)17-7-2-4-11-24(17)32-25/h1-15H. The highest BCUT2D eigenvalue weighted by atomic mass is 32.1. The van der Waals surface area contributed by atoms with Gasteiger partial charge in [0, 0.05) is 37.0 Å². The molecule has 5 aromatic carbocycles. The van der Waals surface area contributed by atoms with E-state index in [4.69, 9.17) is 4.42 Å². The number of rotatable bonds is 0. The van der Waals surface area contributed by atoms with Crippen LogP contribution in [-0.4, -0.2) is 4.40 Å². The molecule has 0 amide bonds. The Kier molecular flexibility index (Phi) is 2.73. The Morgan fingerprint density at radius 3 is 2.39 bits per heavy atom. The zero-order chi connectivity index (χ0) is 21.3. The van der Waals surface area contributed by atoms with Gasteiger partial charge in [-0.15, -0.1) is 11.3 Å². The maximum Gasteiger partial charge on any atom is 0.136 e. The molecule has 33 heavy (non-hydrogen) atoms. The highest BCUT2D eigenvalue weighted by molar-refractivity contribution is 7.27. The zero-order valence-electron chi connectivity index (χ0n) is 17.4. The Balaban J connectivity index is 1.74. The third-order valence-electron chi connectivity index (χ3n) is 7.31. The van der Waals surface area contributed by atoms with Crippen LogP contribution in [-0.2, 0) is 0 Å². The van der Waals surface area contributed by atoms with Crippen LogP contribution in [0.2, 0.25) is 0 Å². The largest absolute Gasteiger partial charge is 0.456 e. The van der Waals surface area contributed by atoms with Gasteiger partial charge < -0.3 is 8.82 Å². The molecule has 3 heteroatoms. The van der Waals surface area contributed by atoms with E-state index >= 15 is 0 Å². The summed E-state index contributed by atoms with van der Waals surface area (Å²) in [5.74, 6) is 0. The minimum Gasteiger partial charge on any atom is -0.456 e. The highest BCUT2D eigenvalue weighted by Crippen LogP contribution is 2.47. The molecule has 0 unspecified atom stereocenters. The van der Waals surface area contributed by atoms with E-state index in [1.807, 2.05) is 17.4 Å². The Bertz CT molecular complexity index is 2240. The number of furan rings is 1. The van der Waals surface area contributed by atoms with Crippen LogP contribution >= 0.6 is 11.3 Å². The summed E-state index contributed by atoms with van der Waals surface area (Å²) in [4.78, 5) is 0. The summed E-state index contributed by atoms with van der Waals surface area (Å²) in [7, 11) is 0. The van der Waals surface area contributed by atoms with Crippen LogP contribution in [0.15, 0.2) is 95.4 Å². The minimum atomic E-state index is 0.937. The van der Waals surface area contributed by atoms with Gasteiger partial charge in [-0.3, -0.25) is 0 Å². The number of hydrogen-bond acceptors (Lipinski definition) is 2. The van der Waals surface area contributed by atoms with E-state index in [9.17, 15) is 0 Å². The van der Waals surface area contributed by atoms with Gasteiger partial charge in [-0.1, -0.05) is 60.7 Å². The van der Waals surface area contributed by atoms with Gasteiger partial charge in [-0.05, 0) is 41.1 Å². The molecule has 0 spiro atoms. The molecule has 9 rings (SSSR count). The van der Waals surface area contributed by atoms with E-state index in [0.29, 0.717) is 0 Å². The van der Waals surface area contributed by atoms with Crippen molar-refractivity contribution in [1.82, 2.24) is 4.40 Å². The van der Waals surface area contributed by atoms with Gasteiger partial charge in [0.05, 0.1) is 21.3 Å². The van der Waals surface area contributed by atoms with Crippen molar-refractivity contribution in [3.05, 3.63) is 91.0 Å². The highest BCUT2D eigenvalue weighted by Gasteiger charge is 2.21. The van der Waals surface area contributed by atoms with Crippen molar-refractivity contribution in [2.75, 3.05) is 0 Å². The molecule has 152 valence electrons. The van der Waals surface area contributed by atoms with Crippen LogP contribution in [0.5, 0.6) is 0 Å². The number of aromatic nitrogens is 1. The molecule has 4 heterocycles. The average molecular weight is 438 g/mol. The zero-order valence-corrected chi connectivity index (χ0v) is 18.2. The summed E-state index contributed by atoms with van der Waals surface area (Å²) in [5, 5.41) is 10.2. The van der Waals surface area contributed by atoms with Gasteiger partial charge in [0.25, 0.3) is 0 Å². The summed E-state index contributed by atoms with van der Waals surface area (Å²) in [6.45, 7) is 0. The summed E-state index contributed by atoms with van der Waals surface area (Å²) in [5.41, 5.74) is 5.70. The third-order valence-corrected chi connectivity index (χ3v) is 8.49. The first-order valence-corrected chi connectivity index (χ1v) is 12.0. The second kappa shape index (κ2) is 5.45. The van der Waals surface area contributed by atoms with Crippen LogP contribution in [0.4, 0.5) is 0 Å². The minimum absolute atomic E-state index is 0.937. The topological polar surface area (TPSA) is 17.6 Å². The maximum absolute atomic E-state index is 6.32. The number of benzene rings is 5. The van der Waals surface area contributed by atoms with E-state index in [1.54, 1.807) is 0 Å². The SMILES string of the molecule is c1ccc2c(c1)oc1cc3c4cccc5ccc6sc7c8ccccc8n(c3cc12)c7c6c54. The first kappa shape index (κ1) is 16.5. The fourth-order valence-electron chi connectivity index (χ4n) is 5.96. The van der Waals surface area contributed by atoms with Crippen molar-refractivity contribution < 1.29 is 4.42 Å². The summed E-state index contributed by atoms with van der Waals surface area (Å²) < 4.78 is 11.5. The van der Waals surface area contributed by atoms with Crippen LogP contribution in [0.3, 0.4) is 0 Å². The lowest BCUT2D eigenvalue weighted by Gasteiger charge is -2.03. The number of thiophene rings is 1. The quantitative estimate of drug-likeness (QED) is 0.231.